The van der Waals surface area contributed by atoms with E-state index in [2.05, 4.69) is 15.5 Å². The number of amides is 1. The van der Waals surface area contributed by atoms with Gasteiger partial charge in [0.15, 0.2) is 34.6 Å². The first-order valence-electron chi connectivity index (χ1n) is 15.2. The van der Waals surface area contributed by atoms with Gasteiger partial charge in [0.25, 0.3) is 0 Å². The molecule has 0 bridgehead atoms. The van der Waals surface area contributed by atoms with Crippen LogP contribution in [-0.4, -0.2) is 71.3 Å². The summed E-state index contributed by atoms with van der Waals surface area (Å²) >= 11 is 6.57. The van der Waals surface area contributed by atoms with Crippen molar-refractivity contribution in [1.29, 1.82) is 0 Å². The number of methoxy groups -OCH3 is 3. The van der Waals surface area contributed by atoms with Gasteiger partial charge in [0.05, 0.1) is 27.6 Å². The van der Waals surface area contributed by atoms with Crippen molar-refractivity contribution in [3.63, 3.8) is 0 Å². The number of hydrogen-bond acceptors (Lipinski definition) is 13. The summed E-state index contributed by atoms with van der Waals surface area (Å²) in [5, 5.41) is 29.0. The average molecular weight is 694 g/mol. The van der Waals surface area contributed by atoms with Crippen LogP contribution in [0, 0.1) is 5.92 Å². The first-order chi connectivity index (χ1) is 23.5. The molecular formula is C34H32ClN3O11. The zero-order valence-electron chi connectivity index (χ0n) is 26.9. The van der Waals surface area contributed by atoms with E-state index < -0.39 is 40.7 Å². The molecule has 4 aromatic rings. The van der Waals surface area contributed by atoms with Gasteiger partial charge in [0.2, 0.25) is 29.0 Å². The summed E-state index contributed by atoms with van der Waals surface area (Å²) in [5.74, 6) is -3.22. The molecule has 0 saturated carbocycles. The number of ether oxygens (including phenoxy) is 4. The van der Waals surface area contributed by atoms with Gasteiger partial charge in [-0.2, -0.15) is 4.98 Å². The number of Topliss-reactive ketones (excluding diaryl/α,β-unsaturated/α-hetero) is 2. The first-order valence-corrected chi connectivity index (χ1v) is 15.6. The summed E-state index contributed by atoms with van der Waals surface area (Å²) in [4.78, 5) is 45.9. The summed E-state index contributed by atoms with van der Waals surface area (Å²) in [7, 11) is 4.10. The van der Waals surface area contributed by atoms with Crippen molar-refractivity contribution in [1.82, 2.24) is 15.5 Å². The maximum atomic E-state index is 14.3. The molecule has 2 aliphatic rings. The van der Waals surface area contributed by atoms with Crippen molar-refractivity contribution < 1.29 is 52.5 Å². The molecule has 14 nitrogen and oxygen atoms in total. The van der Waals surface area contributed by atoms with Crippen molar-refractivity contribution in [3.8, 4) is 40.3 Å². The Kier molecular flexibility index (Phi) is 8.99. The number of phenolic OH excluding ortho intramolecular Hbond substituents is 1. The minimum Gasteiger partial charge on any atom is -0.507 e. The molecular weight excluding hydrogens is 662 g/mol. The number of carbonyl (C=O) groups excluding carboxylic acids is 3. The molecule has 2 aromatic carbocycles. The molecule has 3 N–H and O–H groups in total. The Hall–Kier alpha value is -5.50. The molecule has 256 valence electrons. The van der Waals surface area contributed by atoms with Gasteiger partial charge >= 0.3 is 0 Å². The minimum atomic E-state index is -2.06. The maximum Gasteiger partial charge on any atom is 0.238 e. The van der Waals surface area contributed by atoms with Crippen LogP contribution in [0.3, 0.4) is 0 Å². The van der Waals surface area contributed by atoms with Gasteiger partial charge in [-0.05, 0) is 29.8 Å². The topological polar surface area (TPSA) is 193 Å². The predicted molar refractivity (Wildman–Crippen MR) is 171 cm³/mol. The summed E-state index contributed by atoms with van der Waals surface area (Å²) < 4.78 is 32.9. The Morgan fingerprint density at radius 1 is 1.10 bits per heavy atom. The number of carbonyl (C=O) groups is 3. The van der Waals surface area contributed by atoms with Crippen LogP contribution in [0.4, 0.5) is 0 Å². The van der Waals surface area contributed by atoms with E-state index in [0.717, 1.165) is 0 Å². The highest BCUT2D eigenvalue weighted by atomic mass is 35.5. The van der Waals surface area contributed by atoms with Crippen molar-refractivity contribution in [2.75, 3.05) is 27.9 Å². The standard InChI is InChI=1S/C34H32ClN3O11/c1-16-12-20(40)27(31(42)34(16)32(43)28-23(45-3)15-24(46-4)29(35)30(28)48-34)18(17-7-8-19(39)22(13-17)44-2)14-25(41)36-10-9-26-37-33(38-49-26)21-6-5-11-47-21/h5-8,11,13,15-16,18,39,42H,9-10,12,14H2,1-4H3,(H,36,41)/t16-,18?,34+/m1/s1. The van der Waals surface area contributed by atoms with E-state index in [-0.39, 0.29) is 82.4 Å². The van der Waals surface area contributed by atoms with E-state index >= 15 is 0 Å². The number of nitrogens with zero attached hydrogens (tertiary/aromatic N) is 2. The number of aromatic nitrogens is 2. The molecule has 1 aliphatic heterocycles. The molecule has 0 fully saturated rings. The van der Waals surface area contributed by atoms with E-state index in [1.807, 2.05) is 0 Å². The van der Waals surface area contributed by atoms with Crippen LogP contribution in [0.1, 0.15) is 47.5 Å². The number of hydrogen-bond donors (Lipinski definition) is 3. The second-order valence-electron chi connectivity index (χ2n) is 11.5. The number of nitrogens with one attached hydrogen (secondary N) is 1. The highest BCUT2D eigenvalue weighted by Crippen LogP contribution is 2.56. The highest BCUT2D eigenvalue weighted by Gasteiger charge is 2.61. The van der Waals surface area contributed by atoms with Crippen LogP contribution in [0.15, 0.2) is 62.9 Å². The molecule has 1 spiro atoms. The summed E-state index contributed by atoms with van der Waals surface area (Å²) in [6.07, 6.45) is 1.12. The van der Waals surface area contributed by atoms with Gasteiger partial charge < -0.3 is 43.4 Å². The van der Waals surface area contributed by atoms with Crippen molar-refractivity contribution in [2.24, 2.45) is 5.92 Å². The van der Waals surface area contributed by atoms with E-state index in [1.54, 1.807) is 19.1 Å². The van der Waals surface area contributed by atoms with E-state index in [1.165, 1.54) is 51.9 Å². The molecule has 15 heteroatoms. The lowest BCUT2D eigenvalue weighted by Crippen LogP contribution is -2.53. The van der Waals surface area contributed by atoms with E-state index in [9.17, 15) is 24.6 Å². The quantitative estimate of drug-likeness (QED) is 0.191. The monoisotopic (exact) mass is 693 g/mol. The van der Waals surface area contributed by atoms with Gasteiger partial charge in [0, 0.05) is 49.3 Å². The lowest BCUT2D eigenvalue weighted by atomic mass is 9.69. The third kappa shape index (κ3) is 5.71. The fraction of sp³-hybridized carbons (Fsp3) is 0.324. The molecule has 49 heavy (non-hydrogen) atoms. The number of rotatable bonds is 11. The van der Waals surface area contributed by atoms with Gasteiger partial charge in [-0.3, -0.25) is 14.4 Å². The third-order valence-electron chi connectivity index (χ3n) is 8.73. The minimum absolute atomic E-state index is 0.0151. The fourth-order valence-corrected chi connectivity index (χ4v) is 6.53. The largest absolute Gasteiger partial charge is 0.507 e. The highest BCUT2D eigenvalue weighted by molar-refractivity contribution is 6.35. The number of allylic oxidation sites excluding steroid dienone is 1. The summed E-state index contributed by atoms with van der Waals surface area (Å²) in [6, 6.07) is 9.11. The Bertz CT molecular complexity index is 1970. The molecule has 2 aromatic heterocycles. The SMILES string of the molecule is COc1cc(C(CC(=O)NCCc2nc(-c3ccco3)no2)C2=C(O)[C@@]3(Oc4c(Cl)c(OC)cc(OC)c4C3=O)[C@H](C)CC2=O)ccc1O. The Labute approximate surface area is 284 Å². The number of furan rings is 1. The maximum absolute atomic E-state index is 14.3. The molecule has 1 amide bonds. The van der Waals surface area contributed by atoms with Crippen molar-refractivity contribution >= 4 is 29.1 Å². The molecule has 0 radical (unpaired) electrons. The second kappa shape index (κ2) is 13.2. The van der Waals surface area contributed by atoms with Crippen LogP contribution in [-0.2, 0) is 16.0 Å². The average Bonchev–Trinajstić information content (AvgIpc) is 3.85. The number of aliphatic hydroxyl groups excluding tert-OH is 1. The lowest BCUT2D eigenvalue weighted by molar-refractivity contribution is -0.121. The second-order valence-corrected chi connectivity index (χ2v) is 11.9. The molecule has 3 heterocycles. The van der Waals surface area contributed by atoms with Crippen LogP contribution in [0.2, 0.25) is 5.02 Å². The summed E-state index contributed by atoms with van der Waals surface area (Å²) in [5.41, 5.74) is -1.93. The number of fused-ring (bicyclic) bond motifs is 1. The lowest BCUT2D eigenvalue weighted by Gasteiger charge is -2.38. The van der Waals surface area contributed by atoms with E-state index in [0.29, 0.717) is 11.3 Å². The number of halogens is 1. The molecule has 0 saturated heterocycles. The van der Waals surface area contributed by atoms with Gasteiger partial charge in [0.1, 0.15) is 22.1 Å². The normalized spacial score (nSPS) is 19.1. The summed E-state index contributed by atoms with van der Waals surface area (Å²) in [6.45, 7) is 1.70. The zero-order chi connectivity index (χ0) is 35.0. The van der Waals surface area contributed by atoms with E-state index in [4.69, 9.17) is 39.5 Å². The van der Waals surface area contributed by atoms with Gasteiger partial charge in [-0.15, -0.1) is 0 Å². The first kappa shape index (κ1) is 33.4. The zero-order valence-corrected chi connectivity index (χ0v) is 27.6. The molecule has 3 atom stereocenters. The molecule has 6 rings (SSSR count). The van der Waals surface area contributed by atoms with Crippen molar-refractivity contribution in [3.05, 3.63) is 76.0 Å². The molecule has 1 aliphatic carbocycles. The Morgan fingerprint density at radius 2 is 1.86 bits per heavy atom. The fourth-order valence-electron chi connectivity index (χ4n) is 6.26. The van der Waals surface area contributed by atoms with Gasteiger partial charge in [-0.1, -0.05) is 29.7 Å². The van der Waals surface area contributed by atoms with Crippen molar-refractivity contribution in [2.45, 2.75) is 37.7 Å². The number of aromatic hydroxyl groups is 1. The predicted octanol–water partition coefficient (Wildman–Crippen LogP) is 4.98. The third-order valence-corrected chi connectivity index (χ3v) is 9.08. The number of phenols is 1. The van der Waals surface area contributed by atoms with Crippen LogP contribution in [0.5, 0.6) is 28.7 Å². The smallest absolute Gasteiger partial charge is 0.238 e. The number of aliphatic hydroxyl groups is 1. The van der Waals surface area contributed by atoms with Crippen LogP contribution in [0.25, 0.3) is 11.6 Å². The Morgan fingerprint density at radius 3 is 2.55 bits per heavy atom. The number of ketones is 2. The Balaban J connectivity index is 1.35. The number of benzene rings is 2. The van der Waals surface area contributed by atoms with Gasteiger partial charge in [-0.25, -0.2) is 0 Å². The molecule has 1 unspecified atom stereocenters. The van der Waals surface area contributed by atoms with Crippen LogP contribution < -0.4 is 24.3 Å². The van der Waals surface area contributed by atoms with Crippen LogP contribution >= 0.6 is 11.6 Å².